The van der Waals surface area contributed by atoms with Crippen LogP contribution in [0.3, 0.4) is 0 Å². The van der Waals surface area contributed by atoms with Crippen LogP contribution in [0.5, 0.6) is 0 Å². The molecule has 4 rings (SSSR count). The second kappa shape index (κ2) is 8.08. The van der Waals surface area contributed by atoms with Gasteiger partial charge >= 0.3 is 8.03 Å². The lowest BCUT2D eigenvalue weighted by Gasteiger charge is -2.59. The summed E-state index contributed by atoms with van der Waals surface area (Å²) in [6.45, 7) is 7.06. The third-order valence-corrected chi connectivity index (χ3v) is 10.5. The summed E-state index contributed by atoms with van der Waals surface area (Å²) in [5.74, 6) is 2.91. The number of carbonyl (C=O) groups excluding carboxylic acids is 1. The van der Waals surface area contributed by atoms with Crippen molar-refractivity contribution < 1.29 is 14.3 Å². The number of rotatable bonds is 5. The van der Waals surface area contributed by atoms with Gasteiger partial charge in [-0.05, 0) is 96.5 Å². The molecule has 1 unspecified atom stereocenters. The van der Waals surface area contributed by atoms with Crippen LogP contribution in [0.1, 0.15) is 91.4 Å². The molecular weight excluding hydrogens is 381 g/mol. The fraction of sp³-hybridized carbons (Fsp3) is 0.875. The van der Waals surface area contributed by atoms with Crippen LogP contribution >= 0.6 is 8.03 Å². The SMILES string of the molecule is CCCCC(=O)N[C@H]1CC[C@H]2[C@@H]3CC[C@H]4C=C([P+](=O)O)CC[C@]4(C)[C@H]3CC[C@]12C. The molecule has 3 fully saturated rings. The van der Waals surface area contributed by atoms with Crippen molar-refractivity contribution in [3.63, 3.8) is 0 Å². The Bertz CT molecular complexity index is 706. The van der Waals surface area contributed by atoms with E-state index in [9.17, 15) is 14.3 Å². The molecule has 2 N–H and O–H groups in total. The van der Waals surface area contributed by atoms with Crippen molar-refractivity contribution in [2.24, 2.45) is 34.5 Å². The molecule has 8 atom stereocenters. The maximum absolute atomic E-state index is 12.4. The van der Waals surface area contributed by atoms with Crippen LogP contribution in [-0.4, -0.2) is 16.8 Å². The van der Waals surface area contributed by atoms with Crippen molar-refractivity contribution in [2.75, 3.05) is 0 Å². The molecule has 5 heteroatoms. The first-order valence-electron chi connectivity index (χ1n) is 12.0. The molecule has 0 heterocycles. The number of carbonyl (C=O) groups is 1. The van der Waals surface area contributed by atoms with Crippen molar-refractivity contribution in [3.05, 3.63) is 11.4 Å². The second-order valence-electron chi connectivity index (χ2n) is 10.8. The summed E-state index contributed by atoms with van der Waals surface area (Å²) < 4.78 is 11.6. The zero-order valence-electron chi connectivity index (χ0n) is 18.5. The predicted octanol–water partition coefficient (Wildman–Crippen LogP) is 5.93. The summed E-state index contributed by atoms with van der Waals surface area (Å²) in [4.78, 5) is 22.0. The average Bonchev–Trinajstić information content (AvgIpc) is 3.01. The highest BCUT2D eigenvalue weighted by molar-refractivity contribution is 7.43. The minimum absolute atomic E-state index is 0.246. The molecule has 0 saturated heterocycles. The molecule has 0 aromatic rings. The van der Waals surface area contributed by atoms with Crippen molar-refractivity contribution in [1.29, 1.82) is 0 Å². The fourth-order valence-corrected chi connectivity index (χ4v) is 8.45. The lowest BCUT2D eigenvalue weighted by molar-refractivity contribution is -0.124. The molecule has 4 aliphatic rings. The Hall–Kier alpha value is -0.730. The van der Waals surface area contributed by atoms with Crippen LogP contribution in [0.15, 0.2) is 11.4 Å². The average molecular weight is 421 g/mol. The molecule has 0 aliphatic heterocycles. The summed E-state index contributed by atoms with van der Waals surface area (Å²) in [7, 11) is -2.16. The maximum atomic E-state index is 12.4. The molecule has 1 amide bonds. The number of nitrogens with one attached hydrogen (secondary N) is 1. The van der Waals surface area contributed by atoms with Crippen LogP contribution in [0, 0.1) is 34.5 Å². The Morgan fingerprint density at radius 1 is 1.14 bits per heavy atom. The van der Waals surface area contributed by atoms with Crippen molar-refractivity contribution in [1.82, 2.24) is 5.32 Å². The van der Waals surface area contributed by atoms with E-state index in [4.69, 9.17) is 0 Å². The highest BCUT2D eigenvalue weighted by Gasteiger charge is 2.60. The van der Waals surface area contributed by atoms with Crippen LogP contribution in [0.25, 0.3) is 0 Å². The molecule has 0 bridgehead atoms. The lowest BCUT2D eigenvalue weighted by Crippen LogP contribution is -2.55. The number of amides is 1. The van der Waals surface area contributed by atoms with Crippen molar-refractivity contribution in [3.8, 4) is 0 Å². The molecule has 0 aromatic carbocycles. The Balaban J connectivity index is 1.50. The topological polar surface area (TPSA) is 66.4 Å². The van der Waals surface area contributed by atoms with Gasteiger partial charge in [-0.3, -0.25) is 4.79 Å². The highest BCUT2D eigenvalue weighted by Crippen LogP contribution is 2.66. The molecule has 29 heavy (non-hydrogen) atoms. The quantitative estimate of drug-likeness (QED) is 0.542. The minimum Gasteiger partial charge on any atom is -0.353 e. The van der Waals surface area contributed by atoms with Crippen LogP contribution in [0.4, 0.5) is 0 Å². The van der Waals surface area contributed by atoms with E-state index in [-0.39, 0.29) is 16.7 Å². The summed E-state index contributed by atoms with van der Waals surface area (Å²) in [6.07, 6.45) is 14.0. The fourth-order valence-electron chi connectivity index (χ4n) is 7.84. The van der Waals surface area contributed by atoms with E-state index in [0.717, 1.165) is 61.6 Å². The smallest absolute Gasteiger partial charge is 0.353 e. The third kappa shape index (κ3) is 3.63. The zero-order valence-corrected chi connectivity index (χ0v) is 19.3. The standard InChI is InChI=1S/C24H38NO3P/c1-4-5-6-22(26)25-21-10-9-19-18-8-7-16-15-17(29(27)28)11-13-23(16,2)20(18)12-14-24(19,21)3/h15-16,18-21H,4-14H2,1-3H3,(H-,25,26,27,28)/p+1/t16-,18-,19-,20-,21-,23-,24-/m0/s1. The van der Waals surface area contributed by atoms with Gasteiger partial charge in [0.25, 0.3) is 0 Å². The largest absolute Gasteiger partial charge is 0.541 e. The van der Waals surface area contributed by atoms with E-state index < -0.39 is 8.03 Å². The van der Waals surface area contributed by atoms with E-state index >= 15 is 0 Å². The zero-order chi connectivity index (χ0) is 20.8. The molecule has 3 saturated carbocycles. The van der Waals surface area contributed by atoms with Gasteiger partial charge in [0.05, 0.1) is 0 Å². The number of fused-ring (bicyclic) bond motifs is 5. The second-order valence-corrected chi connectivity index (χ2v) is 12.0. The number of hydrogen-bond donors (Lipinski definition) is 2. The van der Waals surface area contributed by atoms with Crippen molar-refractivity contribution in [2.45, 2.75) is 97.4 Å². The normalized spacial score (nSPS) is 44.2. The Kier molecular flexibility index (Phi) is 5.99. The molecule has 0 aromatic heterocycles. The van der Waals surface area contributed by atoms with E-state index in [2.05, 4.69) is 32.2 Å². The summed E-state index contributed by atoms with van der Waals surface area (Å²) in [6, 6.07) is 0.347. The Morgan fingerprint density at radius 3 is 2.62 bits per heavy atom. The predicted molar refractivity (Wildman–Crippen MR) is 116 cm³/mol. The van der Waals surface area contributed by atoms with Crippen LogP contribution in [0.2, 0.25) is 0 Å². The highest BCUT2D eigenvalue weighted by atomic mass is 31.1. The molecule has 0 spiro atoms. The first-order chi connectivity index (χ1) is 13.8. The Labute approximate surface area is 177 Å². The molecule has 0 radical (unpaired) electrons. The van der Waals surface area contributed by atoms with Crippen LogP contribution in [-0.2, 0) is 9.36 Å². The van der Waals surface area contributed by atoms with Gasteiger partial charge in [-0.15, -0.1) is 0 Å². The van der Waals surface area contributed by atoms with E-state index in [1.807, 2.05) is 0 Å². The lowest BCUT2D eigenvalue weighted by atomic mass is 9.46. The van der Waals surface area contributed by atoms with Crippen LogP contribution < -0.4 is 5.32 Å². The first kappa shape index (κ1) is 21.5. The molecular formula is C24H39NO3P+. The van der Waals surface area contributed by atoms with Gasteiger partial charge in [0.2, 0.25) is 5.91 Å². The maximum Gasteiger partial charge on any atom is 0.541 e. The summed E-state index contributed by atoms with van der Waals surface area (Å²) in [5.41, 5.74) is 0.526. The first-order valence-corrected chi connectivity index (χ1v) is 13.2. The molecule has 4 aliphatic carbocycles. The molecule has 162 valence electrons. The summed E-state index contributed by atoms with van der Waals surface area (Å²) >= 11 is 0. The van der Waals surface area contributed by atoms with Gasteiger partial charge in [-0.1, -0.05) is 27.2 Å². The van der Waals surface area contributed by atoms with Gasteiger partial charge in [-0.25, -0.2) is 0 Å². The number of allylic oxidation sites excluding steroid dienone is 2. The summed E-state index contributed by atoms with van der Waals surface area (Å²) in [5, 5.41) is 4.21. The van der Waals surface area contributed by atoms with Gasteiger partial charge in [0.1, 0.15) is 0 Å². The number of unbranched alkanes of at least 4 members (excludes halogenated alkanes) is 1. The number of hydrogen-bond acceptors (Lipinski definition) is 2. The molecule has 4 nitrogen and oxygen atoms in total. The third-order valence-electron chi connectivity index (χ3n) is 9.59. The van der Waals surface area contributed by atoms with Gasteiger partial charge < -0.3 is 5.32 Å². The minimum atomic E-state index is -2.16. The van der Waals surface area contributed by atoms with E-state index in [0.29, 0.717) is 18.4 Å². The van der Waals surface area contributed by atoms with Gasteiger partial charge in [0.15, 0.2) is 5.31 Å². The van der Waals surface area contributed by atoms with E-state index in [1.54, 1.807) is 0 Å². The van der Waals surface area contributed by atoms with Gasteiger partial charge in [-0.2, -0.15) is 4.89 Å². The Morgan fingerprint density at radius 2 is 1.90 bits per heavy atom. The van der Waals surface area contributed by atoms with Crippen molar-refractivity contribution >= 4 is 13.9 Å². The van der Waals surface area contributed by atoms with Gasteiger partial charge in [0, 0.05) is 18.9 Å². The van der Waals surface area contributed by atoms with E-state index in [1.165, 1.54) is 25.7 Å². The monoisotopic (exact) mass is 420 g/mol.